The number of nitrogens with one attached hydrogen (secondary N) is 2. The molecular weight excluding hydrogens is 621 g/mol. The Labute approximate surface area is 253 Å². The Morgan fingerprint density at radius 1 is 0.884 bits per heavy atom. The first-order valence-electron chi connectivity index (χ1n) is 12.8. The number of carbonyl (C=O) groups is 1. The van der Waals surface area contributed by atoms with Crippen LogP contribution in [-0.4, -0.2) is 42.5 Å². The van der Waals surface area contributed by atoms with E-state index in [9.17, 15) is 26.0 Å². The van der Waals surface area contributed by atoms with Crippen LogP contribution in [0, 0.1) is 12.7 Å². The molecule has 43 heavy (non-hydrogen) atoms. The number of nitrogens with zero attached hydrogens (tertiary/aromatic N) is 1. The highest BCUT2D eigenvalue weighted by Crippen LogP contribution is 2.34. The molecule has 224 valence electrons. The number of sulfonamides is 2. The topological polar surface area (TPSA) is 131 Å². The normalized spacial score (nSPS) is 12.8. The van der Waals surface area contributed by atoms with Crippen molar-refractivity contribution in [3.63, 3.8) is 0 Å². The van der Waals surface area contributed by atoms with E-state index in [4.69, 9.17) is 21.1 Å². The van der Waals surface area contributed by atoms with Gasteiger partial charge in [-0.05, 0) is 85.3 Å². The largest absolute Gasteiger partial charge is 0.486 e. The molecule has 1 heterocycles. The number of hydrogen-bond acceptors (Lipinski definition) is 7. The molecule has 2 N–H and O–H groups in total. The molecule has 0 saturated heterocycles. The minimum Gasteiger partial charge on any atom is -0.486 e. The third-order valence-electron chi connectivity index (χ3n) is 6.46. The van der Waals surface area contributed by atoms with Gasteiger partial charge in [-0.25, -0.2) is 21.2 Å². The van der Waals surface area contributed by atoms with Crippen LogP contribution in [0.15, 0.2) is 94.7 Å². The van der Waals surface area contributed by atoms with E-state index < -0.39 is 38.3 Å². The molecule has 1 aliphatic heterocycles. The van der Waals surface area contributed by atoms with E-state index in [2.05, 4.69) is 10.0 Å². The molecule has 1 amide bonds. The van der Waals surface area contributed by atoms with Gasteiger partial charge in [0.2, 0.25) is 5.91 Å². The molecule has 0 saturated carbocycles. The van der Waals surface area contributed by atoms with E-state index in [1.54, 1.807) is 25.1 Å². The van der Waals surface area contributed by atoms with Crippen LogP contribution in [0.2, 0.25) is 5.02 Å². The summed E-state index contributed by atoms with van der Waals surface area (Å²) in [7, 11) is -8.30. The lowest BCUT2D eigenvalue weighted by Gasteiger charge is -2.25. The molecule has 14 heteroatoms. The van der Waals surface area contributed by atoms with Crippen molar-refractivity contribution < 1.29 is 35.5 Å². The van der Waals surface area contributed by atoms with Gasteiger partial charge in [0.15, 0.2) is 11.5 Å². The first-order valence-corrected chi connectivity index (χ1v) is 16.1. The van der Waals surface area contributed by atoms with Crippen LogP contribution in [-0.2, 0) is 24.8 Å². The quantitative estimate of drug-likeness (QED) is 0.256. The number of benzene rings is 4. The molecule has 4 aromatic carbocycles. The predicted octanol–water partition coefficient (Wildman–Crippen LogP) is 5.19. The molecule has 0 spiro atoms. The van der Waals surface area contributed by atoms with E-state index in [-0.39, 0.29) is 33.5 Å². The molecule has 0 aromatic heterocycles. The molecular formula is C29H25ClFN3O7S2. The van der Waals surface area contributed by atoms with Crippen LogP contribution >= 0.6 is 11.6 Å². The van der Waals surface area contributed by atoms with Crippen molar-refractivity contribution in [1.29, 1.82) is 0 Å². The maximum Gasteiger partial charge on any atom is 0.264 e. The highest BCUT2D eigenvalue weighted by atomic mass is 35.5. The monoisotopic (exact) mass is 645 g/mol. The second-order valence-electron chi connectivity index (χ2n) is 9.38. The summed E-state index contributed by atoms with van der Waals surface area (Å²) >= 11 is 6.09. The molecule has 0 atom stereocenters. The summed E-state index contributed by atoms with van der Waals surface area (Å²) in [5, 5.41) is 2.98. The number of anilines is 3. The van der Waals surface area contributed by atoms with Gasteiger partial charge in [0.05, 0.1) is 21.2 Å². The van der Waals surface area contributed by atoms with E-state index in [1.807, 2.05) is 0 Å². The highest BCUT2D eigenvalue weighted by Gasteiger charge is 2.29. The summed E-state index contributed by atoms with van der Waals surface area (Å²) in [6.07, 6.45) is 0. The Balaban J connectivity index is 1.35. The van der Waals surface area contributed by atoms with Crippen LogP contribution in [0.1, 0.15) is 5.56 Å². The maximum atomic E-state index is 13.7. The highest BCUT2D eigenvalue weighted by molar-refractivity contribution is 7.93. The fraction of sp³-hybridized carbons (Fsp3) is 0.138. The summed E-state index contributed by atoms with van der Waals surface area (Å²) in [5.41, 5.74) is 1.16. The van der Waals surface area contributed by atoms with E-state index in [0.717, 1.165) is 16.4 Å². The zero-order chi connectivity index (χ0) is 30.8. The standard InChI is InChI=1S/C29H25ClFN3O7S2/c1-19-25(30)3-2-4-26(19)33-42(36,37)23-11-7-21(8-12-23)32-29(35)18-34(22-9-5-20(31)6-10-22)43(38,39)24-13-14-27-28(17-24)41-16-15-40-27/h2-14,17,33H,15-16,18H2,1H3,(H,32,35). The molecule has 0 fully saturated rings. The van der Waals surface area contributed by atoms with E-state index in [1.165, 1.54) is 54.6 Å². The van der Waals surface area contributed by atoms with Crippen LogP contribution < -0.4 is 23.8 Å². The van der Waals surface area contributed by atoms with Gasteiger partial charge in [-0.2, -0.15) is 0 Å². The van der Waals surface area contributed by atoms with Gasteiger partial charge >= 0.3 is 0 Å². The third-order valence-corrected chi connectivity index (χ3v) is 10.0. The second-order valence-corrected chi connectivity index (χ2v) is 13.3. The molecule has 1 aliphatic rings. The summed E-state index contributed by atoms with van der Waals surface area (Å²) in [6.45, 7) is 1.59. The summed E-state index contributed by atoms with van der Waals surface area (Å²) in [5.74, 6) is -0.681. The lowest BCUT2D eigenvalue weighted by atomic mass is 10.2. The molecule has 0 aliphatic carbocycles. The minimum atomic E-state index is -4.33. The zero-order valence-corrected chi connectivity index (χ0v) is 25.0. The van der Waals surface area contributed by atoms with E-state index in [0.29, 0.717) is 28.6 Å². The number of fused-ring (bicyclic) bond motifs is 1. The summed E-state index contributed by atoms with van der Waals surface area (Å²) in [4.78, 5) is 12.9. The van der Waals surface area contributed by atoms with Crippen molar-refractivity contribution in [2.24, 2.45) is 0 Å². The summed E-state index contributed by atoms with van der Waals surface area (Å²) < 4.78 is 81.2. The van der Waals surface area contributed by atoms with Crippen LogP contribution in [0.3, 0.4) is 0 Å². The maximum absolute atomic E-state index is 13.7. The Morgan fingerprint density at radius 2 is 1.53 bits per heavy atom. The Hall–Kier alpha value is -4.33. The Morgan fingerprint density at radius 3 is 2.23 bits per heavy atom. The summed E-state index contributed by atoms with van der Waals surface area (Å²) in [6, 6.07) is 18.9. The van der Waals surface area contributed by atoms with Crippen molar-refractivity contribution in [1.82, 2.24) is 0 Å². The van der Waals surface area contributed by atoms with Crippen LogP contribution in [0.25, 0.3) is 0 Å². The van der Waals surface area contributed by atoms with Gasteiger partial charge in [-0.3, -0.25) is 13.8 Å². The molecule has 10 nitrogen and oxygen atoms in total. The molecule has 4 aromatic rings. The number of rotatable bonds is 9. The molecule has 0 unspecified atom stereocenters. The van der Waals surface area contributed by atoms with Crippen LogP contribution in [0.4, 0.5) is 21.5 Å². The SMILES string of the molecule is Cc1c(Cl)cccc1NS(=O)(=O)c1ccc(NC(=O)CN(c2ccc(F)cc2)S(=O)(=O)c2ccc3c(c2)OCCO3)cc1. The number of carbonyl (C=O) groups excluding carboxylic acids is 1. The first-order chi connectivity index (χ1) is 20.4. The van der Waals surface area contributed by atoms with Gasteiger partial charge < -0.3 is 14.8 Å². The second kappa shape index (κ2) is 12.1. The van der Waals surface area contributed by atoms with Crippen molar-refractivity contribution in [2.75, 3.05) is 34.1 Å². The van der Waals surface area contributed by atoms with Crippen molar-refractivity contribution >= 4 is 54.6 Å². The van der Waals surface area contributed by atoms with Gasteiger partial charge in [0.1, 0.15) is 25.6 Å². The van der Waals surface area contributed by atoms with Crippen molar-refractivity contribution in [2.45, 2.75) is 16.7 Å². The average molecular weight is 646 g/mol. The van der Waals surface area contributed by atoms with Crippen LogP contribution in [0.5, 0.6) is 11.5 Å². The lowest BCUT2D eigenvalue weighted by molar-refractivity contribution is -0.114. The van der Waals surface area contributed by atoms with Gasteiger partial charge in [0.25, 0.3) is 20.0 Å². The minimum absolute atomic E-state index is 0.0512. The number of amides is 1. The Kier molecular flexibility index (Phi) is 8.49. The van der Waals surface area contributed by atoms with Crippen molar-refractivity contribution in [3.05, 3.63) is 101 Å². The molecule has 0 bridgehead atoms. The number of ether oxygens (including phenoxy) is 2. The third kappa shape index (κ3) is 6.69. The van der Waals surface area contributed by atoms with Crippen molar-refractivity contribution in [3.8, 4) is 11.5 Å². The first kappa shape index (κ1) is 30.1. The van der Waals surface area contributed by atoms with E-state index >= 15 is 0 Å². The van der Waals surface area contributed by atoms with Gasteiger partial charge in [-0.15, -0.1) is 0 Å². The lowest BCUT2D eigenvalue weighted by Crippen LogP contribution is -2.38. The average Bonchev–Trinajstić information content (AvgIpc) is 2.98. The number of hydrogen-bond donors (Lipinski definition) is 2. The predicted molar refractivity (Wildman–Crippen MR) is 160 cm³/mol. The fourth-order valence-electron chi connectivity index (χ4n) is 4.20. The van der Waals surface area contributed by atoms with Gasteiger partial charge in [0, 0.05) is 16.8 Å². The Bertz CT molecular complexity index is 1890. The smallest absolute Gasteiger partial charge is 0.264 e. The zero-order valence-electron chi connectivity index (χ0n) is 22.6. The fourth-order valence-corrected chi connectivity index (χ4v) is 6.94. The number of halogens is 2. The van der Waals surface area contributed by atoms with Gasteiger partial charge in [-0.1, -0.05) is 17.7 Å². The molecule has 5 rings (SSSR count). The molecule has 0 radical (unpaired) electrons.